The lowest BCUT2D eigenvalue weighted by Crippen LogP contribution is -2.20. The van der Waals surface area contributed by atoms with Crippen LogP contribution in [0.2, 0.25) is 0 Å². The van der Waals surface area contributed by atoms with Crippen molar-refractivity contribution in [1.29, 1.82) is 0 Å². The van der Waals surface area contributed by atoms with Crippen LogP contribution in [0.1, 0.15) is 168 Å². The highest BCUT2D eigenvalue weighted by atomic mass is 16.4. The fourth-order valence-corrected chi connectivity index (χ4v) is 4.36. The summed E-state index contributed by atoms with van der Waals surface area (Å²) in [5, 5.41) is 8.55. The number of rotatable bonds is 26. The quantitative estimate of drug-likeness (QED) is 0.0958. The second-order valence-corrected chi connectivity index (χ2v) is 10.5. The molecule has 0 radical (unpaired) electrons. The van der Waals surface area contributed by atoms with Crippen LogP contribution in [-0.2, 0) is 4.79 Å². The fraction of sp³-hybridized carbons (Fsp3) is 0.906. The molecule has 3 nitrogen and oxygen atoms in total. The Morgan fingerprint density at radius 3 is 1.37 bits per heavy atom. The van der Waals surface area contributed by atoms with Gasteiger partial charge in [0.05, 0.1) is 0 Å². The van der Waals surface area contributed by atoms with Crippen molar-refractivity contribution in [3.63, 3.8) is 0 Å². The van der Waals surface area contributed by atoms with Gasteiger partial charge in [0.1, 0.15) is 0 Å². The highest BCUT2D eigenvalue weighted by Crippen LogP contribution is 2.12. The van der Waals surface area contributed by atoms with Gasteiger partial charge in [0, 0.05) is 6.42 Å². The lowest BCUT2D eigenvalue weighted by atomic mass is 10.1. The van der Waals surface area contributed by atoms with Gasteiger partial charge in [-0.25, -0.2) is 0 Å². The predicted molar refractivity (Wildman–Crippen MR) is 157 cm³/mol. The lowest BCUT2D eigenvalue weighted by molar-refractivity contribution is -0.137. The number of unbranched alkanes of at least 4 members (excludes halogenated alkanes) is 18. The first kappa shape index (κ1) is 36.3. The van der Waals surface area contributed by atoms with Crippen LogP contribution in [0.25, 0.3) is 0 Å². The molecule has 35 heavy (non-hydrogen) atoms. The van der Waals surface area contributed by atoms with E-state index in [9.17, 15) is 4.79 Å². The van der Waals surface area contributed by atoms with Gasteiger partial charge >= 0.3 is 5.97 Å². The van der Waals surface area contributed by atoms with Crippen molar-refractivity contribution in [3.05, 3.63) is 12.2 Å². The highest BCUT2D eigenvalue weighted by molar-refractivity contribution is 5.66. The summed E-state index contributed by atoms with van der Waals surface area (Å²) in [4.78, 5) is 12.8. The van der Waals surface area contributed by atoms with Crippen molar-refractivity contribution < 1.29 is 9.90 Å². The molecule has 0 aromatic rings. The number of allylic oxidation sites excluding steroid dienone is 2. The third-order valence-corrected chi connectivity index (χ3v) is 6.65. The summed E-state index contributed by atoms with van der Waals surface area (Å²) in [5.74, 6) is -0.656. The molecule has 1 N–H and O–H groups in total. The molecule has 210 valence electrons. The molecule has 0 unspecified atom stereocenters. The summed E-state index contributed by atoms with van der Waals surface area (Å²) in [5.41, 5.74) is 0. The van der Waals surface area contributed by atoms with Gasteiger partial charge in [-0.3, -0.25) is 4.79 Å². The maximum Gasteiger partial charge on any atom is 0.303 e. The Labute approximate surface area is 221 Å². The number of carbonyl (C=O) groups is 1. The van der Waals surface area contributed by atoms with Crippen molar-refractivity contribution in [1.82, 2.24) is 4.90 Å². The molecule has 0 aliphatic heterocycles. The molecular weight excluding hydrogens is 430 g/mol. The van der Waals surface area contributed by atoms with Gasteiger partial charge in [-0.2, -0.15) is 0 Å². The second-order valence-electron chi connectivity index (χ2n) is 10.5. The fourth-order valence-electron chi connectivity index (χ4n) is 4.36. The zero-order valence-electron chi connectivity index (χ0n) is 24.6. The molecule has 0 atom stereocenters. The molecule has 0 fully saturated rings. The van der Waals surface area contributed by atoms with Gasteiger partial charge in [0.15, 0.2) is 0 Å². The van der Waals surface area contributed by atoms with Crippen LogP contribution in [0.3, 0.4) is 0 Å². The first-order valence-electron chi connectivity index (χ1n) is 15.6. The number of carboxylic acid groups (broad SMARTS) is 1. The Kier molecular flexibility index (Phi) is 34.4. The summed E-state index contributed by atoms with van der Waals surface area (Å²) in [7, 11) is 2.22. The van der Waals surface area contributed by atoms with Gasteiger partial charge in [0.2, 0.25) is 0 Å². The van der Waals surface area contributed by atoms with Crippen molar-refractivity contribution in [3.8, 4) is 0 Å². The maximum absolute atomic E-state index is 10.4. The summed E-state index contributed by atoms with van der Waals surface area (Å²) < 4.78 is 0. The number of hydrogen-bond donors (Lipinski definition) is 1. The molecule has 0 aliphatic rings. The third-order valence-electron chi connectivity index (χ3n) is 6.65. The Morgan fingerprint density at radius 2 is 0.943 bits per heavy atom. The first-order valence-corrected chi connectivity index (χ1v) is 15.6. The van der Waals surface area contributed by atoms with E-state index in [1.165, 1.54) is 142 Å². The minimum atomic E-state index is -0.656. The molecule has 0 saturated heterocycles. The largest absolute Gasteiger partial charge is 0.481 e. The summed E-state index contributed by atoms with van der Waals surface area (Å²) >= 11 is 0. The van der Waals surface area contributed by atoms with E-state index < -0.39 is 5.97 Å². The van der Waals surface area contributed by atoms with Crippen LogP contribution in [0, 0.1) is 0 Å². The van der Waals surface area contributed by atoms with Crippen molar-refractivity contribution >= 4 is 5.97 Å². The van der Waals surface area contributed by atoms with Gasteiger partial charge in [0.25, 0.3) is 0 Å². The maximum atomic E-state index is 10.4. The Bertz CT molecular complexity index is 422. The molecule has 0 aromatic carbocycles. The highest BCUT2D eigenvalue weighted by Gasteiger charge is 1.97. The Hall–Kier alpha value is -0.830. The molecule has 0 saturated carbocycles. The molecule has 0 bridgehead atoms. The zero-order valence-corrected chi connectivity index (χ0v) is 24.6. The Morgan fingerprint density at radius 1 is 0.543 bits per heavy atom. The topological polar surface area (TPSA) is 40.5 Å². The molecule has 0 heterocycles. The average Bonchev–Trinajstić information content (AvgIpc) is 2.84. The normalized spacial score (nSPS) is 11.2. The van der Waals surface area contributed by atoms with E-state index >= 15 is 0 Å². The van der Waals surface area contributed by atoms with E-state index in [2.05, 4.69) is 44.9 Å². The van der Waals surface area contributed by atoms with Crippen molar-refractivity contribution in [2.45, 2.75) is 168 Å². The number of aliphatic carboxylic acids is 1. The van der Waals surface area contributed by atoms with E-state index in [0.29, 0.717) is 6.42 Å². The predicted octanol–water partition coefficient (Wildman–Crippen LogP) is 10.6. The molecule has 0 aromatic heterocycles. The zero-order chi connectivity index (χ0) is 26.2. The minimum Gasteiger partial charge on any atom is -0.481 e. The summed E-state index contributed by atoms with van der Waals surface area (Å²) in [6, 6.07) is 0. The smallest absolute Gasteiger partial charge is 0.303 e. The van der Waals surface area contributed by atoms with Crippen LogP contribution in [-0.4, -0.2) is 36.1 Å². The minimum absolute atomic E-state index is 0.340. The Balaban J connectivity index is 0. The van der Waals surface area contributed by atoms with Crippen LogP contribution >= 0.6 is 0 Å². The van der Waals surface area contributed by atoms with Crippen molar-refractivity contribution in [2.75, 3.05) is 20.1 Å². The molecule has 3 heteroatoms. The van der Waals surface area contributed by atoms with Gasteiger partial charge in [-0.1, -0.05) is 129 Å². The molecule has 0 spiro atoms. The van der Waals surface area contributed by atoms with Crippen LogP contribution in [0.15, 0.2) is 12.2 Å². The number of nitrogens with zero attached hydrogens (tertiary/aromatic N) is 1. The number of carboxylic acids is 1. The van der Waals surface area contributed by atoms with Gasteiger partial charge in [-0.15, -0.1) is 0 Å². The number of hydrogen-bond acceptors (Lipinski definition) is 2. The second kappa shape index (κ2) is 33.2. The monoisotopic (exact) mass is 496 g/mol. The van der Waals surface area contributed by atoms with E-state index in [1.54, 1.807) is 0 Å². The van der Waals surface area contributed by atoms with Crippen LogP contribution < -0.4 is 0 Å². The van der Waals surface area contributed by atoms with E-state index in [1.807, 2.05) is 0 Å². The average molecular weight is 496 g/mol. The van der Waals surface area contributed by atoms with E-state index in [-0.39, 0.29) is 0 Å². The first-order chi connectivity index (χ1) is 17.1. The van der Waals surface area contributed by atoms with Gasteiger partial charge < -0.3 is 10.0 Å². The summed E-state index contributed by atoms with van der Waals surface area (Å²) in [6.45, 7) is 9.31. The van der Waals surface area contributed by atoms with Crippen LogP contribution in [0.4, 0.5) is 0 Å². The molecule has 0 amide bonds. The molecule has 0 rings (SSSR count). The van der Waals surface area contributed by atoms with Gasteiger partial charge in [-0.05, 0) is 65.1 Å². The summed E-state index contributed by atoms with van der Waals surface area (Å²) in [6.07, 6.45) is 33.9. The lowest BCUT2D eigenvalue weighted by Gasteiger charge is -2.14. The SMILES string of the molecule is CCCCCCCC/C=C\CCCCCCCCCCCC(=O)O.CCCCCCN(C)CCC. The standard InChI is InChI=1S/C22H42O2.C10H23N/c1-2-3-4-5-6-7-8-9-10-11-12-13-14-15-16-17-18-19-20-21-22(23)24;1-4-6-7-8-10-11(3)9-5-2/h9-10H,2-8,11-21H2,1H3,(H,23,24);4-10H2,1-3H3/b10-9-;. The van der Waals surface area contributed by atoms with E-state index in [0.717, 1.165) is 12.8 Å². The van der Waals surface area contributed by atoms with Crippen LogP contribution in [0.5, 0.6) is 0 Å². The van der Waals surface area contributed by atoms with E-state index in [4.69, 9.17) is 5.11 Å². The third kappa shape index (κ3) is 37.9. The molecular formula is C32H65NO2. The molecule has 0 aliphatic carbocycles. The van der Waals surface area contributed by atoms with Crippen molar-refractivity contribution in [2.24, 2.45) is 0 Å².